The number of carbonyl (C=O) groups excluding carboxylic acids is 2. The van der Waals surface area contributed by atoms with Gasteiger partial charge < -0.3 is 10.2 Å². The molecule has 0 saturated carbocycles. The molecule has 0 heterocycles. The van der Waals surface area contributed by atoms with Gasteiger partial charge in [-0.3, -0.25) is 9.59 Å². The Morgan fingerprint density at radius 1 is 1.14 bits per heavy atom. The number of carbonyl (C=O) groups is 2. The van der Waals surface area contributed by atoms with Crippen molar-refractivity contribution in [3.8, 4) is 0 Å². The van der Waals surface area contributed by atoms with Gasteiger partial charge in [0.2, 0.25) is 11.8 Å². The lowest BCUT2D eigenvalue weighted by Gasteiger charge is -2.25. The second-order valence-electron chi connectivity index (χ2n) is 6.37. The van der Waals surface area contributed by atoms with E-state index in [9.17, 15) is 9.59 Å². The van der Waals surface area contributed by atoms with Gasteiger partial charge in [0.1, 0.15) is 0 Å². The standard InChI is InChI=1S/C18H28N2O2/c1-12(2)11-19-17(22)7-8-20(16(6)21)18-14(4)9-13(3)10-15(18)5/h9-10,12H,7-8,11H2,1-6H3,(H,19,22). The van der Waals surface area contributed by atoms with E-state index in [4.69, 9.17) is 0 Å². The van der Waals surface area contributed by atoms with Gasteiger partial charge in [0.05, 0.1) is 0 Å². The first-order valence-corrected chi connectivity index (χ1v) is 7.85. The Hall–Kier alpha value is -1.84. The molecule has 0 saturated heterocycles. The van der Waals surface area contributed by atoms with Gasteiger partial charge in [-0.05, 0) is 37.8 Å². The van der Waals surface area contributed by atoms with E-state index >= 15 is 0 Å². The zero-order valence-electron chi connectivity index (χ0n) is 14.6. The molecule has 122 valence electrons. The van der Waals surface area contributed by atoms with E-state index in [-0.39, 0.29) is 11.8 Å². The lowest BCUT2D eigenvalue weighted by molar-refractivity contribution is -0.121. The van der Waals surface area contributed by atoms with E-state index in [0.717, 1.165) is 16.8 Å². The van der Waals surface area contributed by atoms with Crippen LogP contribution in [-0.2, 0) is 9.59 Å². The molecule has 2 amide bonds. The SMILES string of the molecule is CC(=O)N(CCC(=O)NCC(C)C)c1c(C)cc(C)cc1C. The number of rotatable bonds is 6. The van der Waals surface area contributed by atoms with Gasteiger partial charge in [-0.2, -0.15) is 0 Å². The molecule has 22 heavy (non-hydrogen) atoms. The van der Waals surface area contributed by atoms with Crippen LogP contribution in [-0.4, -0.2) is 24.9 Å². The van der Waals surface area contributed by atoms with Crippen LogP contribution in [0.5, 0.6) is 0 Å². The van der Waals surface area contributed by atoms with Crippen LogP contribution in [0.2, 0.25) is 0 Å². The molecule has 4 nitrogen and oxygen atoms in total. The summed E-state index contributed by atoms with van der Waals surface area (Å²) in [5.74, 6) is 0.378. The lowest BCUT2D eigenvalue weighted by atomic mass is 10.0. The fraction of sp³-hybridized carbons (Fsp3) is 0.556. The summed E-state index contributed by atoms with van der Waals surface area (Å²) in [5.41, 5.74) is 4.23. The van der Waals surface area contributed by atoms with Gasteiger partial charge in [-0.1, -0.05) is 31.5 Å². The Labute approximate surface area is 133 Å². The molecule has 0 aliphatic rings. The first kappa shape index (κ1) is 18.2. The van der Waals surface area contributed by atoms with Crippen LogP contribution in [0, 0.1) is 26.7 Å². The summed E-state index contributed by atoms with van der Waals surface area (Å²) in [7, 11) is 0. The van der Waals surface area contributed by atoms with Crippen molar-refractivity contribution in [3.63, 3.8) is 0 Å². The Balaban J connectivity index is 2.84. The summed E-state index contributed by atoms with van der Waals surface area (Å²) in [5, 5.41) is 2.89. The topological polar surface area (TPSA) is 49.4 Å². The van der Waals surface area contributed by atoms with Crippen molar-refractivity contribution in [2.75, 3.05) is 18.0 Å². The zero-order valence-corrected chi connectivity index (χ0v) is 14.6. The smallest absolute Gasteiger partial charge is 0.223 e. The van der Waals surface area contributed by atoms with Crippen molar-refractivity contribution in [2.24, 2.45) is 5.92 Å². The summed E-state index contributed by atoms with van der Waals surface area (Å²) < 4.78 is 0. The molecule has 1 rings (SSSR count). The average Bonchev–Trinajstić information content (AvgIpc) is 2.38. The summed E-state index contributed by atoms with van der Waals surface area (Å²) in [6.07, 6.45) is 0.319. The van der Waals surface area contributed by atoms with E-state index < -0.39 is 0 Å². The molecule has 0 bridgehead atoms. The maximum atomic E-state index is 12.0. The van der Waals surface area contributed by atoms with Crippen LogP contribution in [0.3, 0.4) is 0 Å². The molecule has 0 unspecified atom stereocenters. The highest BCUT2D eigenvalue weighted by Crippen LogP contribution is 2.26. The van der Waals surface area contributed by atoms with Crippen LogP contribution in [0.1, 0.15) is 43.9 Å². The number of hydrogen-bond donors (Lipinski definition) is 1. The molecular formula is C18H28N2O2. The largest absolute Gasteiger partial charge is 0.356 e. The number of nitrogens with one attached hydrogen (secondary N) is 1. The summed E-state index contributed by atoms with van der Waals surface area (Å²) >= 11 is 0. The van der Waals surface area contributed by atoms with E-state index in [0.29, 0.717) is 25.4 Å². The Bertz CT molecular complexity index is 527. The first-order chi connectivity index (χ1) is 10.2. The third kappa shape index (κ3) is 5.17. The second-order valence-corrected chi connectivity index (χ2v) is 6.37. The molecule has 0 aliphatic heterocycles. The van der Waals surface area contributed by atoms with Crippen LogP contribution < -0.4 is 10.2 Å². The van der Waals surface area contributed by atoms with Crippen molar-refractivity contribution in [2.45, 2.75) is 48.0 Å². The number of aryl methyl sites for hydroxylation is 3. The molecule has 0 aliphatic carbocycles. The van der Waals surface area contributed by atoms with Crippen LogP contribution in [0.25, 0.3) is 0 Å². The summed E-state index contributed by atoms with van der Waals surface area (Å²) in [4.78, 5) is 25.6. The quantitative estimate of drug-likeness (QED) is 0.878. The monoisotopic (exact) mass is 304 g/mol. The Kier molecular flexibility index (Phi) is 6.60. The molecule has 0 radical (unpaired) electrons. The number of amides is 2. The molecule has 4 heteroatoms. The maximum Gasteiger partial charge on any atom is 0.223 e. The predicted molar refractivity (Wildman–Crippen MR) is 91.1 cm³/mol. The predicted octanol–water partition coefficient (Wildman–Crippen LogP) is 3.13. The maximum absolute atomic E-state index is 12.0. The molecule has 1 aromatic rings. The lowest BCUT2D eigenvalue weighted by Crippen LogP contribution is -2.35. The molecular weight excluding hydrogens is 276 g/mol. The van der Waals surface area contributed by atoms with Gasteiger partial charge in [-0.15, -0.1) is 0 Å². The van der Waals surface area contributed by atoms with Crippen LogP contribution in [0.4, 0.5) is 5.69 Å². The van der Waals surface area contributed by atoms with Crippen LogP contribution in [0.15, 0.2) is 12.1 Å². The molecule has 1 N–H and O–H groups in total. The third-order valence-electron chi connectivity index (χ3n) is 3.56. The fourth-order valence-electron chi connectivity index (χ4n) is 2.64. The Morgan fingerprint density at radius 3 is 2.14 bits per heavy atom. The van der Waals surface area contributed by atoms with Gasteiger partial charge >= 0.3 is 0 Å². The van der Waals surface area contributed by atoms with Gasteiger partial charge in [0.25, 0.3) is 0 Å². The average molecular weight is 304 g/mol. The second kappa shape index (κ2) is 7.97. The van der Waals surface area contributed by atoms with Crippen molar-refractivity contribution in [1.29, 1.82) is 0 Å². The van der Waals surface area contributed by atoms with Crippen LogP contribution >= 0.6 is 0 Å². The third-order valence-corrected chi connectivity index (χ3v) is 3.56. The van der Waals surface area contributed by atoms with Gasteiger partial charge in [0, 0.05) is 32.1 Å². The van der Waals surface area contributed by atoms with Crippen molar-refractivity contribution in [3.05, 3.63) is 28.8 Å². The molecule has 0 aromatic heterocycles. The van der Waals surface area contributed by atoms with E-state index in [1.165, 1.54) is 5.56 Å². The molecule has 0 spiro atoms. The van der Waals surface area contributed by atoms with E-state index in [1.807, 2.05) is 20.8 Å². The van der Waals surface area contributed by atoms with E-state index in [1.54, 1.807) is 11.8 Å². The van der Waals surface area contributed by atoms with Gasteiger partial charge in [-0.25, -0.2) is 0 Å². The summed E-state index contributed by atoms with van der Waals surface area (Å²) in [6.45, 7) is 12.8. The number of anilines is 1. The van der Waals surface area contributed by atoms with Crippen molar-refractivity contribution < 1.29 is 9.59 Å². The minimum Gasteiger partial charge on any atom is -0.356 e. The highest BCUT2D eigenvalue weighted by molar-refractivity contribution is 5.94. The Morgan fingerprint density at radius 2 is 1.68 bits per heavy atom. The zero-order chi connectivity index (χ0) is 16.9. The number of nitrogens with zero attached hydrogens (tertiary/aromatic N) is 1. The number of hydrogen-bond acceptors (Lipinski definition) is 2. The highest BCUT2D eigenvalue weighted by atomic mass is 16.2. The number of benzene rings is 1. The normalized spacial score (nSPS) is 10.7. The molecule has 1 aromatic carbocycles. The fourth-order valence-corrected chi connectivity index (χ4v) is 2.64. The first-order valence-electron chi connectivity index (χ1n) is 7.85. The summed E-state index contributed by atoms with van der Waals surface area (Å²) in [6, 6.07) is 4.13. The highest BCUT2D eigenvalue weighted by Gasteiger charge is 2.17. The molecule has 0 atom stereocenters. The van der Waals surface area contributed by atoms with Crippen molar-refractivity contribution >= 4 is 17.5 Å². The van der Waals surface area contributed by atoms with Crippen molar-refractivity contribution in [1.82, 2.24) is 5.32 Å². The molecule has 0 fully saturated rings. The van der Waals surface area contributed by atoms with E-state index in [2.05, 4.69) is 31.3 Å². The van der Waals surface area contributed by atoms with Gasteiger partial charge in [0.15, 0.2) is 0 Å². The minimum atomic E-state index is -0.0355. The minimum absolute atomic E-state index is 0.0117.